The third-order valence-electron chi connectivity index (χ3n) is 3.75. The molecule has 3 rings (SSSR count). The molecule has 0 spiro atoms. The smallest absolute Gasteiger partial charge is 0.265 e. The summed E-state index contributed by atoms with van der Waals surface area (Å²) in [5.74, 6) is -0.841. The molecule has 0 atom stereocenters. The van der Waals surface area contributed by atoms with E-state index in [2.05, 4.69) is 10.6 Å². The van der Waals surface area contributed by atoms with Crippen LogP contribution in [0.5, 0.6) is 0 Å². The zero-order chi connectivity index (χ0) is 19.4. The fraction of sp³-hybridized carbons (Fsp3) is 0.0500. The van der Waals surface area contributed by atoms with E-state index in [1.807, 2.05) is 6.07 Å². The molecule has 0 aliphatic rings. The van der Waals surface area contributed by atoms with Gasteiger partial charge < -0.3 is 16.4 Å². The van der Waals surface area contributed by atoms with Crippen LogP contribution in [0.15, 0.2) is 60.7 Å². The molecule has 0 saturated heterocycles. The molecule has 3 aromatic rings. The number of anilines is 2. The van der Waals surface area contributed by atoms with Crippen molar-refractivity contribution in [1.29, 1.82) is 0 Å². The second-order valence-corrected chi connectivity index (χ2v) is 6.90. The molecule has 7 heteroatoms. The van der Waals surface area contributed by atoms with Crippen LogP contribution in [-0.2, 0) is 4.79 Å². The molecule has 0 fully saturated rings. The molecule has 1 aromatic heterocycles. The van der Waals surface area contributed by atoms with E-state index in [0.29, 0.717) is 21.8 Å². The van der Waals surface area contributed by atoms with Gasteiger partial charge in [-0.1, -0.05) is 12.1 Å². The first-order valence-corrected chi connectivity index (χ1v) is 8.93. The van der Waals surface area contributed by atoms with Crippen molar-refractivity contribution in [3.63, 3.8) is 0 Å². The van der Waals surface area contributed by atoms with E-state index in [1.54, 1.807) is 54.6 Å². The molecule has 0 aliphatic carbocycles. The second-order valence-electron chi connectivity index (χ2n) is 5.82. The predicted octanol–water partition coefficient (Wildman–Crippen LogP) is 3.72. The van der Waals surface area contributed by atoms with Crippen molar-refractivity contribution in [2.75, 3.05) is 10.6 Å². The molecule has 0 saturated carbocycles. The molecule has 136 valence electrons. The van der Waals surface area contributed by atoms with Crippen molar-refractivity contribution >= 4 is 40.4 Å². The minimum Gasteiger partial charge on any atom is -0.366 e. The number of thiophene rings is 1. The normalized spacial score (nSPS) is 10.3. The van der Waals surface area contributed by atoms with E-state index in [9.17, 15) is 14.4 Å². The van der Waals surface area contributed by atoms with Crippen LogP contribution in [-0.4, -0.2) is 17.7 Å². The number of carbonyl (C=O) groups is 3. The van der Waals surface area contributed by atoms with E-state index >= 15 is 0 Å². The van der Waals surface area contributed by atoms with Gasteiger partial charge in [-0.05, 0) is 54.1 Å². The monoisotopic (exact) mass is 379 g/mol. The van der Waals surface area contributed by atoms with Crippen LogP contribution in [0.3, 0.4) is 0 Å². The summed E-state index contributed by atoms with van der Waals surface area (Å²) in [6, 6.07) is 17.4. The molecule has 3 amide bonds. The zero-order valence-corrected chi connectivity index (χ0v) is 15.3. The highest BCUT2D eigenvalue weighted by Gasteiger charge is 2.11. The highest BCUT2D eigenvalue weighted by molar-refractivity contribution is 7.17. The van der Waals surface area contributed by atoms with Crippen molar-refractivity contribution in [3.8, 4) is 10.4 Å². The standard InChI is InChI=1S/C20H17N3O3S/c1-12(24)22-15-6-8-16(9-7-15)23-20(26)18-11-10-17(27-18)13-2-4-14(5-3-13)19(21)25/h2-11H,1H3,(H2,21,25)(H,22,24)(H,23,26). The first-order chi connectivity index (χ1) is 12.9. The maximum Gasteiger partial charge on any atom is 0.265 e. The molecule has 1 heterocycles. The van der Waals surface area contributed by atoms with Gasteiger partial charge in [-0.15, -0.1) is 11.3 Å². The molecule has 0 unspecified atom stereocenters. The second kappa shape index (κ2) is 7.84. The van der Waals surface area contributed by atoms with Crippen LogP contribution in [0.25, 0.3) is 10.4 Å². The molecular weight excluding hydrogens is 362 g/mol. The molecular formula is C20H17N3O3S. The Morgan fingerprint density at radius 2 is 1.41 bits per heavy atom. The molecule has 6 nitrogen and oxygen atoms in total. The third kappa shape index (κ3) is 4.59. The Morgan fingerprint density at radius 3 is 1.96 bits per heavy atom. The number of hydrogen-bond donors (Lipinski definition) is 3. The summed E-state index contributed by atoms with van der Waals surface area (Å²) in [5.41, 5.74) is 7.89. The van der Waals surface area contributed by atoms with Crippen LogP contribution < -0.4 is 16.4 Å². The Balaban J connectivity index is 1.69. The number of benzene rings is 2. The first-order valence-electron chi connectivity index (χ1n) is 8.11. The summed E-state index contributed by atoms with van der Waals surface area (Å²) in [6.45, 7) is 1.44. The van der Waals surface area contributed by atoms with Crippen molar-refractivity contribution < 1.29 is 14.4 Å². The molecule has 4 N–H and O–H groups in total. The van der Waals surface area contributed by atoms with Gasteiger partial charge in [0.05, 0.1) is 4.88 Å². The Hall–Kier alpha value is -3.45. The SMILES string of the molecule is CC(=O)Nc1ccc(NC(=O)c2ccc(-c3ccc(C(N)=O)cc3)s2)cc1. The van der Waals surface area contributed by atoms with Gasteiger partial charge in [-0.3, -0.25) is 14.4 Å². The fourth-order valence-corrected chi connectivity index (χ4v) is 3.35. The predicted molar refractivity (Wildman–Crippen MR) is 107 cm³/mol. The molecule has 0 aliphatic heterocycles. The van der Waals surface area contributed by atoms with Gasteiger partial charge in [0.25, 0.3) is 5.91 Å². The van der Waals surface area contributed by atoms with Gasteiger partial charge in [0.15, 0.2) is 0 Å². The maximum absolute atomic E-state index is 12.4. The van der Waals surface area contributed by atoms with Crippen LogP contribution in [0.4, 0.5) is 11.4 Å². The van der Waals surface area contributed by atoms with Crippen molar-refractivity contribution in [2.24, 2.45) is 5.73 Å². The minimum atomic E-state index is -0.475. The summed E-state index contributed by atoms with van der Waals surface area (Å²) in [6.07, 6.45) is 0. The lowest BCUT2D eigenvalue weighted by atomic mass is 10.1. The maximum atomic E-state index is 12.4. The number of amides is 3. The number of nitrogens with two attached hydrogens (primary N) is 1. The lowest BCUT2D eigenvalue weighted by Gasteiger charge is -2.06. The lowest BCUT2D eigenvalue weighted by Crippen LogP contribution is -2.10. The van der Waals surface area contributed by atoms with E-state index in [-0.39, 0.29) is 11.8 Å². The van der Waals surface area contributed by atoms with Gasteiger partial charge in [0, 0.05) is 28.7 Å². The quantitative estimate of drug-likeness (QED) is 0.629. The number of nitrogens with one attached hydrogen (secondary N) is 2. The van der Waals surface area contributed by atoms with Crippen LogP contribution in [0.1, 0.15) is 27.0 Å². The Labute approximate surface area is 160 Å². The minimum absolute atomic E-state index is 0.151. The number of rotatable bonds is 5. The topological polar surface area (TPSA) is 101 Å². The Morgan fingerprint density at radius 1 is 0.815 bits per heavy atom. The van der Waals surface area contributed by atoms with Crippen molar-refractivity contribution in [3.05, 3.63) is 71.1 Å². The first kappa shape index (κ1) is 18.3. The van der Waals surface area contributed by atoms with Gasteiger partial charge in [-0.25, -0.2) is 0 Å². The van der Waals surface area contributed by atoms with E-state index in [1.165, 1.54) is 18.3 Å². The lowest BCUT2D eigenvalue weighted by molar-refractivity contribution is -0.114. The van der Waals surface area contributed by atoms with Crippen LogP contribution in [0.2, 0.25) is 0 Å². The van der Waals surface area contributed by atoms with Crippen molar-refractivity contribution in [2.45, 2.75) is 6.92 Å². The Bertz CT molecular complexity index is 992. The number of primary amides is 1. The summed E-state index contributed by atoms with van der Waals surface area (Å²) in [4.78, 5) is 36.1. The van der Waals surface area contributed by atoms with E-state index in [4.69, 9.17) is 5.73 Å². The molecule has 27 heavy (non-hydrogen) atoms. The van der Waals surface area contributed by atoms with E-state index < -0.39 is 5.91 Å². The number of hydrogen-bond acceptors (Lipinski definition) is 4. The average Bonchev–Trinajstić information content (AvgIpc) is 3.13. The third-order valence-corrected chi connectivity index (χ3v) is 4.88. The molecule has 2 aromatic carbocycles. The van der Waals surface area contributed by atoms with Crippen LogP contribution in [0, 0.1) is 0 Å². The van der Waals surface area contributed by atoms with Gasteiger partial charge in [0.1, 0.15) is 0 Å². The molecule has 0 bridgehead atoms. The number of carbonyl (C=O) groups excluding carboxylic acids is 3. The van der Waals surface area contributed by atoms with Crippen molar-refractivity contribution in [1.82, 2.24) is 0 Å². The van der Waals surface area contributed by atoms with Crippen LogP contribution >= 0.6 is 11.3 Å². The summed E-state index contributed by atoms with van der Waals surface area (Å²) in [7, 11) is 0. The highest BCUT2D eigenvalue weighted by Crippen LogP contribution is 2.29. The van der Waals surface area contributed by atoms with Gasteiger partial charge in [0.2, 0.25) is 11.8 Å². The van der Waals surface area contributed by atoms with E-state index in [0.717, 1.165) is 10.4 Å². The van der Waals surface area contributed by atoms with Gasteiger partial charge >= 0.3 is 0 Å². The zero-order valence-electron chi connectivity index (χ0n) is 14.5. The Kier molecular flexibility index (Phi) is 5.33. The fourth-order valence-electron chi connectivity index (χ4n) is 2.45. The summed E-state index contributed by atoms with van der Waals surface area (Å²) in [5, 5.41) is 5.50. The summed E-state index contributed by atoms with van der Waals surface area (Å²) < 4.78 is 0. The average molecular weight is 379 g/mol. The highest BCUT2D eigenvalue weighted by atomic mass is 32.1. The summed E-state index contributed by atoms with van der Waals surface area (Å²) >= 11 is 1.35. The van der Waals surface area contributed by atoms with Gasteiger partial charge in [-0.2, -0.15) is 0 Å². The molecule has 0 radical (unpaired) electrons. The largest absolute Gasteiger partial charge is 0.366 e.